The van der Waals surface area contributed by atoms with Crippen LogP contribution in [0.25, 0.3) is 0 Å². The molecule has 2 aliphatic carbocycles. The van der Waals surface area contributed by atoms with Crippen LogP contribution in [0.2, 0.25) is 0 Å². The lowest BCUT2D eigenvalue weighted by Crippen LogP contribution is -2.50. The minimum absolute atomic E-state index is 0.0221. The van der Waals surface area contributed by atoms with Gasteiger partial charge in [0.05, 0.1) is 17.9 Å². The molecule has 6 nitrogen and oxygen atoms in total. The SMILES string of the molecule is O=C(O)CC1(NC(=O)C2CC(=O)N(C3CCCC3)C2)CCCC1. The predicted octanol–water partition coefficient (Wildman–Crippen LogP) is 1.68. The van der Waals surface area contributed by atoms with Crippen LogP contribution in [-0.2, 0) is 14.4 Å². The quantitative estimate of drug-likeness (QED) is 0.806. The van der Waals surface area contributed by atoms with Gasteiger partial charge in [0.15, 0.2) is 0 Å². The van der Waals surface area contributed by atoms with Gasteiger partial charge in [-0.1, -0.05) is 25.7 Å². The lowest BCUT2D eigenvalue weighted by atomic mass is 9.92. The first-order valence-electron chi connectivity index (χ1n) is 8.82. The Morgan fingerprint density at radius 3 is 2.43 bits per heavy atom. The Morgan fingerprint density at radius 1 is 1.17 bits per heavy atom. The van der Waals surface area contributed by atoms with Crippen molar-refractivity contribution in [1.82, 2.24) is 10.2 Å². The molecule has 0 aromatic rings. The molecule has 128 valence electrons. The summed E-state index contributed by atoms with van der Waals surface area (Å²) in [5.74, 6) is -1.26. The lowest BCUT2D eigenvalue weighted by Gasteiger charge is -2.30. The number of hydrogen-bond donors (Lipinski definition) is 2. The second kappa shape index (κ2) is 6.49. The van der Waals surface area contributed by atoms with Gasteiger partial charge < -0.3 is 15.3 Å². The highest BCUT2D eigenvalue weighted by Crippen LogP contribution is 2.34. The fourth-order valence-corrected chi connectivity index (χ4v) is 4.53. The van der Waals surface area contributed by atoms with Gasteiger partial charge >= 0.3 is 5.97 Å². The first-order chi connectivity index (χ1) is 11.0. The molecular weight excluding hydrogens is 296 g/mol. The summed E-state index contributed by atoms with van der Waals surface area (Å²) in [6.45, 7) is 0.498. The summed E-state index contributed by atoms with van der Waals surface area (Å²) in [7, 11) is 0. The molecule has 1 unspecified atom stereocenters. The predicted molar refractivity (Wildman–Crippen MR) is 83.7 cm³/mol. The van der Waals surface area contributed by atoms with E-state index >= 15 is 0 Å². The molecule has 0 aromatic heterocycles. The van der Waals surface area contributed by atoms with Crippen LogP contribution in [0, 0.1) is 5.92 Å². The number of likely N-dealkylation sites (tertiary alicyclic amines) is 1. The van der Waals surface area contributed by atoms with Gasteiger partial charge in [-0.25, -0.2) is 0 Å². The molecule has 3 rings (SSSR count). The van der Waals surface area contributed by atoms with Gasteiger partial charge in [-0.2, -0.15) is 0 Å². The maximum absolute atomic E-state index is 12.6. The van der Waals surface area contributed by atoms with E-state index in [1.807, 2.05) is 4.90 Å². The van der Waals surface area contributed by atoms with Gasteiger partial charge in [-0.15, -0.1) is 0 Å². The summed E-state index contributed by atoms with van der Waals surface area (Å²) in [6, 6.07) is 0.305. The van der Waals surface area contributed by atoms with E-state index in [9.17, 15) is 14.4 Å². The molecule has 2 amide bonds. The van der Waals surface area contributed by atoms with E-state index in [-0.39, 0.29) is 30.6 Å². The highest BCUT2D eigenvalue weighted by Gasteiger charge is 2.43. The van der Waals surface area contributed by atoms with Crippen LogP contribution < -0.4 is 5.32 Å². The number of carboxylic acid groups (broad SMARTS) is 1. The topological polar surface area (TPSA) is 86.7 Å². The minimum atomic E-state index is -0.873. The summed E-state index contributed by atoms with van der Waals surface area (Å²) in [4.78, 5) is 37.8. The number of carbonyl (C=O) groups is 3. The number of nitrogens with zero attached hydrogens (tertiary/aromatic N) is 1. The molecule has 0 spiro atoms. The van der Waals surface area contributed by atoms with Crippen molar-refractivity contribution >= 4 is 17.8 Å². The van der Waals surface area contributed by atoms with E-state index in [1.165, 1.54) is 0 Å². The van der Waals surface area contributed by atoms with Crippen LogP contribution in [0.15, 0.2) is 0 Å². The molecule has 2 saturated carbocycles. The molecule has 1 heterocycles. The molecule has 3 fully saturated rings. The second-order valence-electron chi connectivity index (χ2n) is 7.43. The first kappa shape index (κ1) is 16.3. The van der Waals surface area contributed by atoms with Gasteiger partial charge in [0, 0.05) is 19.0 Å². The Bertz CT molecular complexity index is 493. The Labute approximate surface area is 136 Å². The van der Waals surface area contributed by atoms with Crippen LogP contribution in [0.3, 0.4) is 0 Å². The summed E-state index contributed by atoms with van der Waals surface area (Å²) >= 11 is 0. The molecule has 1 atom stereocenters. The monoisotopic (exact) mass is 322 g/mol. The Hall–Kier alpha value is -1.59. The number of nitrogens with one attached hydrogen (secondary N) is 1. The van der Waals surface area contributed by atoms with Crippen LogP contribution in [0.4, 0.5) is 0 Å². The van der Waals surface area contributed by atoms with E-state index in [2.05, 4.69) is 5.32 Å². The summed E-state index contributed by atoms with van der Waals surface area (Å²) in [5, 5.41) is 12.1. The Morgan fingerprint density at radius 2 is 1.83 bits per heavy atom. The molecule has 2 N–H and O–H groups in total. The molecule has 0 bridgehead atoms. The highest BCUT2D eigenvalue weighted by atomic mass is 16.4. The third kappa shape index (κ3) is 3.51. The zero-order valence-electron chi connectivity index (χ0n) is 13.6. The number of aliphatic carboxylic acids is 1. The van der Waals surface area contributed by atoms with Crippen molar-refractivity contribution in [2.24, 2.45) is 5.92 Å². The van der Waals surface area contributed by atoms with Crippen molar-refractivity contribution in [1.29, 1.82) is 0 Å². The number of carbonyl (C=O) groups excluding carboxylic acids is 2. The average Bonchev–Trinajstić information content (AvgIpc) is 3.18. The van der Waals surface area contributed by atoms with Crippen molar-refractivity contribution in [3.05, 3.63) is 0 Å². The van der Waals surface area contributed by atoms with Crippen LogP contribution in [-0.4, -0.2) is 45.9 Å². The van der Waals surface area contributed by atoms with Crippen molar-refractivity contribution < 1.29 is 19.5 Å². The number of carboxylic acids is 1. The second-order valence-corrected chi connectivity index (χ2v) is 7.43. The molecule has 0 aromatic carbocycles. The van der Waals surface area contributed by atoms with Crippen molar-refractivity contribution in [2.75, 3.05) is 6.54 Å². The van der Waals surface area contributed by atoms with E-state index in [4.69, 9.17) is 5.11 Å². The van der Waals surface area contributed by atoms with E-state index < -0.39 is 11.5 Å². The summed E-state index contributed by atoms with van der Waals surface area (Å²) in [5.41, 5.74) is -0.604. The van der Waals surface area contributed by atoms with Gasteiger partial charge in [0.2, 0.25) is 11.8 Å². The largest absolute Gasteiger partial charge is 0.481 e. The molecule has 6 heteroatoms. The Kier molecular flexibility index (Phi) is 4.60. The fraction of sp³-hybridized carbons (Fsp3) is 0.824. The van der Waals surface area contributed by atoms with Crippen LogP contribution >= 0.6 is 0 Å². The molecule has 1 saturated heterocycles. The van der Waals surface area contributed by atoms with E-state index in [0.717, 1.165) is 51.4 Å². The Balaban J connectivity index is 1.61. The molecule has 23 heavy (non-hydrogen) atoms. The molecule has 1 aliphatic heterocycles. The van der Waals surface area contributed by atoms with E-state index in [0.29, 0.717) is 12.6 Å². The van der Waals surface area contributed by atoms with Crippen LogP contribution in [0.5, 0.6) is 0 Å². The smallest absolute Gasteiger partial charge is 0.305 e. The maximum Gasteiger partial charge on any atom is 0.305 e. The number of rotatable bonds is 5. The van der Waals surface area contributed by atoms with E-state index in [1.54, 1.807) is 0 Å². The van der Waals surface area contributed by atoms with Crippen molar-refractivity contribution in [3.63, 3.8) is 0 Å². The van der Waals surface area contributed by atoms with Gasteiger partial charge in [0.1, 0.15) is 0 Å². The first-order valence-corrected chi connectivity index (χ1v) is 8.82. The lowest BCUT2D eigenvalue weighted by molar-refractivity contribution is -0.139. The number of amides is 2. The van der Waals surface area contributed by atoms with Crippen LogP contribution in [0.1, 0.15) is 64.2 Å². The zero-order valence-corrected chi connectivity index (χ0v) is 13.6. The molecule has 3 aliphatic rings. The number of hydrogen-bond acceptors (Lipinski definition) is 3. The highest BCUT2D eigenvalue weighted by molar-refractivity contribution is 5.90. The standard InChI is InChI=1S/C17H26N2O4/c20-14-9-12(11-19(14)13-5-1-2-6-13)16(23)18-17(10-15(21)22)7-3-4-8-17/h12-13H,1-11H2,(H,18,23)(H,21,22). The molecule has 0 radical (unpaired) electrons. The summed E-state index contributed by atoms with van der Waals surface area (Å²) < 4.78 is 0. The zero-order chi connectivity index (χ0) is 16.4. The maximum atomic E-state index is 12.6. The van der Waals surface area contributed by atoms with Gasteiger partial charge in [-0.05, 0) is 25.7 Å². The third-order valence-electron chi connectivity index (χ3n) is 5.73. The third-order valence-corrected chi connectivity index (χ3v) is 5.73. The normalized spacial score (nSPS) is 27.6. The van der Waals surface area contributed by atoms with Gasteiger partial charge in [0.25, 0.3) is 0 Å². The molecular formula is C17H26N2O4. The van der Waals surface area contributed by atoms with Crippen molar-refractivity contribution in [2.45, 2.75) is 75.8 Å². The van der Waals surface area contributed by atoms with Crippen molar-refractivity contribution in [3.8, 4) is 0 Å². The minimum Gasteiger partial charge on any atom is -0.481 e. The summed E-state index contributed by atoms with van der Waals surface area (Å²) in [6.07, 6.45) is 8.00. The van der Waals surface area contributed by atoms with Gasteiger partial charge in [-0.3, -0.25) is 14.4 Å². The average molecular weight is 322 g/mol. The fourth-order valence-electron chi connectivity index (χ4n) is 4.53.